The number of fused-ring (bicyclic) bond motifs is 1. The van der Waals surface area contributed by atoms with Crippen LogP contribution in [0.5, 0.6) is 0 Å². The third-order valence-electron chi connectivity index (χ3n) is 3.67. The summed E-state index contributed by atoms with van der Waals surface area (Å²) in [4.78, 5) is 1.46. The molecule has 1 aromatic heterocycles. The lowest BCUT2D eigenvalue weighted by molar-refractivity contribution is 0.603. The van der Waals surface area contributed by atoms with E-state index in [1.807, 2.05) is 29.7 Å². The zero-order valence-corrected chi connectivity index (χ0v) is 12.0. The molecular formula is C15H19N3S. The van der Waals surface area contributed by atoms with E-state index >= 15 is 0 Å². The van der Waals surface area contributed by atoms with Crippen LogP contribution in [0.2, 0.25) is 0 Å². The van der Waals surface area contributed by atoms with E-state index in [9.17, 15) is 0 Å². The number of benzene rings is 1. The Labute approximate surface area is 118 Å². The van der Waals surface area contributed by atoms with Crippen LogP contribution in [0, 0.1) is 0 Å². The van der Waals surface area contributed by atoms with Crippen molar-refractivity contribution in [3.8, 4) is 0 Å². The Kier molecular flexibility index (Phi) is 3.89. The van der Waals surface area contributed by atoms with Gasteiger partial charge in [-0.05, 0) is 17.7 Å². The van der Waals surface area contributed by atoms with Crippen LogP contribution in [0.3, 0.4) is 0 Å². The zero-order chi connectivity index (χ0) is 13.1. The molecule has 1 aliphatic rings. The molecule has 0 saturated heterocycles. The highest BCUT2D eigenvalue weighted by atomic mass is 32.2. The van der Waals surface area contributed by atoms with Crippen molar-refractivity contribution in [3.63, 3.8) is 0 Å². The Bertz CT molecular complexity index is 550. The van der Waals surface area contributed by atoms with E-state index < -0.39 is 0 Å². The third-order valence-corrected chi connectivity index (χ3v) is 4.92. The largest absolute Gasteiger partial charge is 0.316 e. The fraction of sp³-hybridized carbons (Fsp3) is 0.400. The minimum atomic E-state index is 0.660. The molecule has 19 heavy (non-hydrogen) atoms. The number of hydrogen-bond acceptors (Lipinski definition) is 3. The first kappa shape index (κ1) is 12.8. The zero-order valence-electron chi connectivity index (χ0n) is 11.2. The van der Waals surface area contributed by atoms with Gasteiger partial charge in [-0.25, -0.2) is 0 Å². The van der Waals surface area contributed by atoms with Crippen LogP contribution < -0.4 is 5.32 Å². The quantitative estimate of drug-likeness (QED) is 0.849. The molecule has 2 heterocycles. The number of rotatable bonds is 5. The lowest BCUT2D eigenvalue weighted by Gasteiger charge is -2.12. The number of nitrogens with one attached hydrogen (secondary N) is 1. The summed E-state index contributed by atoms with van der Waals surface area (Å²) in [7, 11) is 2.00. The molecule has 0 aliphatic carbocycles. The number of nitrogens with zero attached hydrogens (tertiary/aromatic N) is 2. The minimum absolute atomic E-state index is 0.660. The lowest BCUT2D eigenvalue weighted by atomic mass is 10.0. The molecule has 3 nitrogen and oxygen atoms in total. The van der Waals surface area contributed by atoms with Gasteiger partial charge in [0.15, 0.2) is 0 Å². The maximum Gasteiger partial charge on any atom is 0.0492 e. The first-order chi connectivity index (χ1) is 9.34. The fourth-order valence-electron chi connectivity index (χ4n) is 2.54. The van der Waals surface area contributed by atoms with Crippen LogP contribution in [-0.2, 0) is 13.5 Å². The predicted molar refractivity (Wildman–Crippen MR) is 79.7 cm³/mol. The van der Waals surface area contributed by atoms with E-state index in [1.165, 1.54) is 21.9 Å². The molecule has 1 unspecified atom stereocenters. The van der Waals surface area contributed by atoms with Crippen molar-refractivity contribution in [2.24, 2.45) is 7.05 Å². The third kappa shape index (κ3) is 2.85. The smallest absolute Gasteiger partial charge is 0.0492 e. The molecule has 2 aromatic rings. The normalized spacial score (nSPS) is 17.6. The summed E-state index contributed by atoms with van der Waals surface area (Å²) < 4.78 is 1.95. The van der Waals surface area contributed by atoms with E-state index in [1.54, 1.807) is 0 Å². The van der Waals surface area contributed by atoms with Gasteiger partial charge in [0.1, 0.15) is 0 Å². The second kappa shape index (κ2) is 5.80. The van der Waals surface area contributed by atoms with Gasteiger partial charge >= 0.3 is 0 Å². The average Bonchev–Trinajstić information content (AvgIpc) is 3.02. The van der Waals surface area contributed by atoms with Gasteiger partial charge in [-0.2, -0.15) is 5.10 Å². The Morgan fingerprint density at radius 2 is 2.26 bits per heavy atom. The minimum Gasteiger partial charge on any atom is -0.316 e. The molecule has 1 aromatic carbocycles. The second-order valence-corrected chi connectivity index (χ2v) is 6.01. The Morgan fingerprint density at radius 3 is 3.11 bits per heavy atom. The van der Waals surface area contributed by atoms with Gasteiger partial charge in [-0.3, -0.25) is 4.68 Å². The van der Waals surface area contributed by atoms with Crippen LogP contribution in [0.15, 0.2) is 41.4 Å². The van der Waals surface area contributed by atoms with Gasteiger partial charge < -0.3 is 5.32 Å². The van der Waals surface area contributed by atoms with Crippen molar-refractivity contribution >= 4 is 11.8 Å². The summed E-state index contributed by atoms with van der Waals surface area (Å²) in [6.07, 6.45) is 2.90. The fourth-order valence-corrected chi connectivity index (χ4v) is 3.79. The summed E-state index contributed by atoms with van der Waals surface area (Å²) in [6.45, 7) is 2.09. The highest BCUT2D eigenvalue weighted by Crippen LogP contribution is 2.38. The summed E-state index contributed by atoms with van der Waals surface area (Å²) >= 11 is 1.98. The summed E-state index contributed by atoms with van der Waals surface area (Å²) in [5.74, 6) is 1.87. The van der Waals surface area contributed by atoms with E-state index in [4.69, 9.17) is 0 Å². The van der Waals surface area contributed by atoms with Crippen LogP contribution in [0.4, 0.5) is 0 Å². The molecule has 4 heteroatoms. The molecule has 100 valence electrons. The predicted octanol–water partition coefficient (Wildman–Crippen LogP) is 2.44. The Balaban J connectivity index is 1.48. The maximum absolute atomic E-state index is 4.19. The van der Waals surface area contributed by atoms with Crippen LogP contribution in [-0.4, -0.2) is 28.6 Å². The van der Waals surface area contributed by atoms with E-state index in [0.717, 1.165) is 19.5 Å². The van der Waals surface area contributed by atoms with Gasteiger partial charge in [0.25, 0.3) is 0 Å². The molecule has 1 aliphatic heterocycles. The summed E-state index contributed by atoms with van der Waals surface area (Å²) in [5, 5.41) is 7.77. The first-order valence-corrected chi connectivity index (χ1v) is 7.72. The summed E-state index contributed by atoms with van der Waals surface area (Å²) in [5.41, 5.74) is 2.80. The van der Waals surface area contributed by atoms with Gasteiger partial charge in [-0.1, -0.05) is 18.2 Å². The number of thioether (sulfide) groups is 1. The molecule has 0 bridgehead atoms. The standard InChI is InChI=1S/C15H19N3S/c1-18-13(7-9-17-18)6-8-16-10-12-11-19-15-5-3-2-4-14(12)15/h2-5,7,9,12,16H,6,8,10-11H2,1H3. The van der Waals surface area contributed by atoms with Crippen LogP contribution in [0.1, 0.15) is 17.2 Å². The second-order valence-electron chi connectivity index (χ2n) is 4.95. The molecule has 0 amide bonds. The summed E-state index contributed by atoms with van der Waals surface area (Å²) in [6, 6.07) is 10.9. The van der Waals surface area contributed by atoms with Gasteiger partial charge in [0.05, 0.1) is 0 Å². The van der Waals surface area contributed by atoms with Crippen molar-refractivity contribution in [2.75, 3.05) is 18.8 Å². The molecule has 0 fully saturated rings. The Hall–Kier alpha value is -1.26. The van der Waals surface area contributed by atoms with Gasteiger partial charge in [0.2, 0.25) is 0 Å². The molecule has 3 rings (SSSR count). The average molecular weight is 273 g/mol. The maximum atomic E-state index is 4.19. The van der Waals surface area contributed by atoms with Crippen molar-refractivity contribution in [1.29, 1.82) is 0 Å². The highest BCUT2D eigenvalue weighted by Gasteiger charge is 2.21. The van der Waals surface area contributed by atoms with Crippen molar-refractivity contribution < 1.29 is 0 Å². The molecule has 1 N–H and O–H groups in total. The monoisotopic (exact) mass is 273 g/mol. The van der Waals surface area contributed by atoms with Crippen molar-refractivity contribution in [2.45, 2.75) is 17.2 Å². The van der Waals surface area contributed by atoms with Gasteiger partial charge in [0, 0.05) is 55.0 Å². The van der Waals surface area contributed by atoms with Crippen LogP contribution in [0.25, 0.3) is 0 Å². The molecule has 0 saturated carbocycles. The number of aryl methyl sites for hydroxylation is 1. The first-order valence-electron chi connectivity index (χ1n) is 6.74. The van der Waals surface area contributed by atoms with Crippen LogP contribution >= 0.6 is 11.8 Å². The topological polar surface area (TPSA) is 29.9 Å². The number of aromatic nitrogens is 2. The molecular weight excluding hydrogens is 254 g/mol. The highest BCUT2D eigenvalue weighted by molar-refractivity contribution is 7.99. The van der Waals surface area contributed by atoms with E-state index in [2.05, 4.69) is 40.7 Å². The van der Waals surface area contributed by atoms with Crippen molar-refractivity contribution in [3.05, 3.63) is 47.8 Å². The van der Waals surface area contributed by atoms with Crippen molar-refractivity contribution in [1.82, 2.24) is 15.1 Å². The molecule has 1 atom stereocenters. The Morgan fingerprint density at radius 1 is 1.37 bits per heavy atom. The van der Waals surface area contributed by atoms with E-state index in [-0.39, 0.29) is 0 Å². The number of hydrogen-bond donors (Lipinski definition) is 1. The molecule has 0 radical (unpaired) electrons. The lowest BCUT2D eigenvalue weighted by Crippen LogP contribution is -2.24. The van der Waals surface area contributed by atoms with Gasteiger partial charge in [-0.15, -0.1) is 11.8 Å². The SMILES string of the molecule is Cn1nccc1CCNCC1CSc2ccccc21. The molecule has 0 spiro atoms. The van der Waals surface area contributed by atoms with E-state index in [0.29, 0.717) is 5.92 Å².